The second kappa shape index (κ2) is 4.29. The van der Waals surface area contributed by atoms with Crippen LogP contribution in [-0.4, -0.2) is 25.7 Å². The van der Waals surface area contributed by atoms with Gasteiger partial charge < -0.3 is 5.11 Å². The molecule has 1 rings (SSSR count). The van der Waals surface area contributed by atoms with E-state index in [0.29, 0.717) is 5.56 Å². The second-order valence-electron chi connectivity index (χ2n) is 3.01. The van der Waals surface area contributed by atoms with Crippen molar-refractivity contribution in [3.05, 3.63) is 29.8 Å². The van der Waals surface area contributed by atoms with E-state index >= 15 is 0 Å². The summed E-state index contributed by atoms with van der Waals surface area (Å²) in [5.74, 6) is 0.0955. The molecule has 5 heteroatoms. The van der Waals surface area contributed by atoms with Crippen LogP contribution < -0.4 is 0 Å². The number of aliphatic hydroxyl groups excluding tert-OH is 1. The second-order valence-corrected chi connectivity index (χ2v) is 5.34. The molecule has 0 saturated carbocycles. The molecule has 0 fully saturated rings. The topological polar surface area (TPSA) is 54.4 Å². The molecule has 1 N–H and O–H groups in total. The molecule has 0 spiro atoms. The molecule has 3 nitrogen and oxygen atoms in total. The van der Waals surface area contributed by atoms with Gasteiger partial charge in [-0.05, 0) is 17.7 Å². The third-order valence-electron chi connectivity index (χ3n) is 1.84. The minimum absolute atomic E-state index is 0.0955. The first-order valence-electron chi connectivity index (χ1n) is 3.99. The molecule has 0 saturated heterocycles. The van der Waals surface area contributed by atoms with Gasteiger partial charge in [0, 0.05) is 6.26 Å². The number of hydrogen-bond acceptors (Lipinski definition) is 3. The van der Waals surface area contributed by atoms with Crippen LogP contribution >= 0.6 is 11.6 Å². The maximum absolute atomic E-state index is 11.1. The molecule has 14 heavy (non-hydrogen) atoms. The van der Waals surface area contributed by atoms with Crippen LogP contribution in [0.15, 0.2) is 29.2 Å². The van der Waals surface area contributed by atoms with Gasteiger partial charge in [-0.25, -0.2) is 8.42 Å². The van der Waals surface area contributed by atoms with Gasteiger partial charge in [-0.1, -0.05) is 12.1 Å². The number of halogens is 1. The van der Waals surface area contributed by atoms with Crippen molar-refractivity contribution in [2.24, 2.45) is 0 Å². The highest BCUT2D eigenvalue weighted by molar-refractivity contribution is 7.90. The minimum atomic E-state index is -3.17. The summed E-state index contributed by atoms with van der Waals surface area (Å²) in [5.41, 5.74) is 0.618. The van der Waals surface area contributed by atoms with Gasteiger partial charge in [-0.2, -0.15) is 0 Å². The van der Waals surface area contributed by atoms with Crippen molar-refractivity contribution in [2.75, 3.05) is 12.1 Å². The van der Waals surface area contributed by atoms with E-state index in [1.807, 2.05) is 0 Å². The van der Waals surface area contributed by atoms with Crippen molar-refractivity contribution in [3.8, 4) is 0 Å². The first-order chi connectivity index (χ1) is 6.45. The van der Waals surface area contributed by atoms with Crippen LogP contribution in [0.5, 0.6) is 0 Å². The predicted octanol–water partition coefficient (Wildman–Crippen LogP) is 1.36. The maximum Gasteiger partial charge on any atom is 0.175 e. The largest absolute Gasteiger partial charge is 0.387 e. The summed E-state index contributed by atoms with van der Waals surface area (Å²) in [6, 6.07) is 6.04. The van der Waals surface area contributed by atoms with Crippen molar-refractivity contribution in [2.45, 2.75) is 11.0 Å². The van der Waals surface area contributed by atoms with Gasteiger partial charge in [0.05, 0.1) is 16.9 Å². The van der Waals surface area contributed by atoms with Crippen LogP contribution in [0.1, 0.15) is 11.7 Å². The molecule has 0 radical (unpaired) electrons. The highest BCUT2D eigenvalue weighted by Gasteiger charge is 2.09. The summed E-state index contributed by atoms with van der Waals surface area (Å²) in [6.07, 6.45) is 0.394. The Labute approximate surface area is 88.2 Å². The Morgan fingerprint density at radius 1 is 1.36 bits per heavy atom. The van der Waals surface area contributed by atoms with Crippen molar-refractivity contribution in [3.63, 3.8) is 0 Å². The molecule has 0 aliphatic rings. The highest BCUT2D eigenvalue weighted by Crippen LogP contribution is 2.17. The summed E-state index contributed by atoms with van der Waals surface area (Å²) in [7, 11) is -3.17. The van der Waals surface area contributed by atoms with Crippen LogP contribution in [0.3, 0.4) is 0 Å². The van der Waals surface area contributed by atoms with E-state index in [4.69, 9.17) is 11.6 Å². The van der Waals surface area contributed by atoms with Crippen LogP contribution in [0.25, 0.3) is 0 Å². The summed E-state index contributed by atoms with van der Waals surface area (Å²) in [5, 5.41) is 9.34. The SMILES string of the molecule is CS(=O)(=O)c1ccc([C@@H](O)CCl)cc1. The molecule has 0 aromatic heterocycles. The van der Waals surface area contributed by atoms with Gasteiger partial charge in [-0.3, -0.25) is 0 Å². The van der Waals surface area contributed by atoms with E-state index < -0.39 is 15.9 Å². The fourth-order valence-corrected chi connectivity index (χ4v) is 1.83. The molecule has 0 amide bonds. The van der Waals surface area contributed by atoms with E-state index in [1.165, 1.54) is 12.1 Å². The Balaban J connectivity index is 3.01. The molecule has 0 bridgehead atoms. The summed E-state index contributed by atoms with van der Waals surface area (Å²) < 4.78 is 22.2. The Kier molecular flexibility index (Phi) is 3.53. The standard InChI is InChI=1S/C9H11ClO3S/c1-14(12,13)8-4-2-7(3-5-8)9(11)6-10/h2-5,9,11H,6H2,1H3/t9-/m0/s1. The molecule has 0 unspecified atom stereocenters. The van der Waals surface area contributed by atoms with Crippen molar-refractivity contribution >= 4 is 21.4 Å². The lowest BCUT2D eigenvalue weighted by Crippen LogP contribution is -2.01. The summed E-state index contributed by atoms with van der Waals surface area (Å²) in [4.78, 5) is 0.239. The third kappa shape index (κ3) is 2.70. The van der Waals surface area contributed by atoms with Crippen molar-refractivity contribution < 1.29 is 13.5 Å². The Bertz CT molecular complexity index is 397. The van der Waals surface area contributed by atoms with Crippen LogP contribution in [0, 0.1) is 0 Å². The van der Waals surface area contributed by atoms with Gasteiger partial charge in [0.25, 0.3) is 0 Å². The van der Waals surface area contributed by atoms with Crippen LogP contribution in [-0.2, 0) is 9.84 Å². The van der Waals surface area contributed by atoms with E-state index in [-0.39, 0.29) is 10.8 Å². The molecule has 1 aromatic rings. The molecule has 0 heterocycles. The highest BCUT2D eigenvalue weighted by atomic mass is 35.5. The zero-order valence-corrected chi connectivity index (χ0v) is 9.22. The average Bonchev–Trinajstić information content (AvgIpc) is 2.15. The Morgan fingerprint density at radius 2 is 1.86 bits per heavy atom. The van der Waals surface area contributed by atoms with Gasteiger partial charge in [0.1, 0.15) is 0 Å². The van der Waals surface area contributed by atoms with E-state index in [1.54, 1.807) is 12.1 Å². The lowest BCUT2D eigenvalue weighted by atomic mass is 10.1. The van der Waals surface area contributed by atoms with Gasteiger partial charge >= 0.3 is 0 Å². The third-order valence-corrected chi connectivity index (χ3v) is 3.26. The molecular weight excluding hydrogens is 224 g/mol. The number of alkyl halides is 1. The fourth-order valence-electron chi connectivity index (χ4n) is 1.03. The molecule has 0 aliphatic heterocycles. The smallest absolute Gasteiger partial charge is 0.175 e. The normalized spacial score (nSPS) is 13.9. The zero-order valence-electron chi connectivity index (χ0n) is 7.64. The lowest BCUT2D eigenvalue weighted by molar-refractivity contribution is 0.202. The maximum atomic E-state index is 11.1. The zero-order chi connectivity index (χ0) is 10.8. The van der Waals surface area contributed by atoms with Crippen molar-refractivity contribution in [1.29, 1.82) is 0 Å². The number of sulfone groups is 1. The molecule has 1 aromatic carbocycles. The predicted molar refractivity (Wildman–Crippen MR) is 55.2 cm³/mol. The van der Waals surface area contributed by atoms with Crippen molar-refractivity contribution in [1.82, 2.24) is 0 Å². The van der Waals surface area contributed by atoms with Gasteiger partial charge in [-0.15, -0.1) is 11.6 Å². The number of aliphatic hydroxyl groups is 1. The first-order valence-corrected chi connectivity index (χ1v) is 6.42. The fraction of sp³-hybridized carbons (Fsp3) is 0.333. The lowest BCUT2D eigenvalue weighted by Gasteiger charge is -2.07. The van der Waals surface area contributed by atoms with E-state index in [2.05, 4.69) is 0 Å². The minimum Gasteiger partial charge on any atom is -0.387 e. The molecule has 78 valence electrons. The Hall–Kier alpha value is -0.580. The molecule has 1 atom stereocenters. The average molecular weight is 235 g/mol. The van der Waals surface area contributed by atoms with E-state index in [0.717, 1.165) is 6.26 Å². The summed E-state index contributed by atoms with van der Waals surface area (Å²) >= 11 is 5.45. The summed E-state index contributed by atoms with van der Waals surface area (Å²) in [6.45, 7) is 0. The molecular formula is C9H11ClO3S. The van der Waals surface area contributed by atoms with Crippen LogP contribution in [0.2, 0.25) is 0 Å². The van der Waals surface area contributed by atoms with Crippen LogP contribution in [0.4, 0.5) is 0 Å². The van der Waals surface area contributed by atoms with Gasteiger partial charge in [0.2, 0.25) is 0 Å². The molecule has 0 aliphatic carbocycles. The van der Waals surface area contributed by atoms with Gasteiger partial charge in [0.15, 0.2) is 9.84 Å². The quantitative estimate of drug-likeness (QED) is 0.804. The monoisotopic (exact) mass is 234 g/mol. The number of rotatable bonds is 3. The van der Waals surface area contributed by atoms with E-state index in [9.17, 15) is 13.5 Å². The Morgan fingerprint density at radius 3 is 2.21 bits per heavy atom. The number of hydrogen-bond donors (Lipinski definition) is 1. The number of benzene rings is 1. The first kappa shape index (κ1) is 11.5.